The lowest BCUT2D eigenvalue weighted by Gasteiger charge is -2.33. The van der Waals surface area contributed by atoms with Gasteiger partial charge in [0.25, 0.3) is 5.91 Å². The lowest BCUT2D eigenvalue weighted by molar-refractivity contribution is -0.142. The maximum absolute atomic E-state index is 12.3. The minimum absolute atomic E-state index is 0.0250. The highest BCUT2D eigenvalue weighted by Crippen LogP contribution is 2.30. The van der Waals surface area contributed by atoms with Gasteiger partial charge >= 0.3 is 5.97 Å². The van der Waals surface area contributed by atoms with E-state index in [1.54, 1.807) is 4.90 Å². The molecular weight excluding hydrogens is 230 g/mol. The van der Waals surface area contributed by atoms with Crippen molar-refractivity contribution >= 4 is 11.9 Å². The topological polar surface area (TPSA) is 46.6 Å². The molecular formula is C14H15NO3. The zero-order valence-corrected chi connectivity index (χ0v) is 10.0. The minimum Gasteiger partial charge on any atom is -0.460 e. The summed E-state index contributed by atoms with van der Waals surface area (Å²) in [4.78, 5) is 25.3. The summed E-state index contributed by atoms with van der Waals surface area (Å²) in [6.45, 7) is 1.25. The Bertz CT molecular complexity index is 471. The first-order valence-electron chi connectivity index (χ1n) is 6.28. The zero-order chi connectivity index (χ0) is 12.5. The van der Waals surface area contributed by atoms with E-state index in [-0.39, 0.29) is 18.0 Å². The third-order valence-electron chi connectivity index (χ3n) is 3.72. The van der Waals surface area contributed by atoms with Crippen molar-refractivity contribution in [3.8, 4) is 0 Å². The number of fused-ring (bicyclic) bond motifs is 1. The second-order valence-corrected chi connectivity index (χ2v) is 4.90. The van der Waals surface area contributed by atoms with Crippen LogP contribution in [0.1, 0.15) is 23.2 Å². The van der Waals surface area contributed by atoms with E-state index in [9.17, 15) is 9.59 Å². The Kier molecular flexibility index (Phi) is 2.78. The van der Waals surface area contributed by atoms with Gasteiger partial charge in [0, 0.05) is 18.0 Å². The number of likely N-dealkylation sites (tertiary alicyclic amines) is 1. The monoisotopic (exact) mass is 245 g/mol. The minimum atomic E-state index is -0.126. The number of ether oxygens (including phenoxy) is 1. The Morgan fingerprint density at radius 3 is 2.83 bits per heavy atom. The van der Waals surface area contributed by atoms with E-state index in [0.717, 1.165) is 6.42 Å². The van der Waals surface area contributed by atoms with Crippen LogP contribution in [-0.4, -0.2) is 36.0 Å². The van der Waals surface area contributed by atoms with E-state index in [1.807, 2.05) is 30.3 Å². The number of piperidine rings is 1. The summed E-state index contributed by atoms with van der Waals surface area (Å²) in [5.74, 6) is 0.202. The summed E-state index contributed by atoms with van der Waals surface area (Å²) < 4.78 is 5.25. The van der Waals surface area contributed by atoms with Gasteiger partial charge < -0.3 is 9.64 Å². The van der Waals surface area contributed by atoms with Crippen molar-refractivity contribution < 1.29 is 14.3 Å². The molecule has 0 N–H and O–H groups in total. The summed E-state index contributed by atoms with van der Waals surface area (Å²) in [7, 11) is 0. The van der Waals surface area contributed by atoms with Crippen LogP contribution in [0.4, 0.5) is 0 Å². The number of nitrogens with zero attached hydrogens (tertiary/aromatic N) is 1. The van der Waals surface area contributed by atoms with Crippen LogP contribution in [0.25, 0.3) is 0 Å². The molecule has 1 aromatic rings. The normalized spacial score (nSPS) is 26.7. The average molecular weight is 245 g/mol. The van der Waals surface area contributed by atoms with E-state index in [2.05, 4.69) is 0 Å². The van der Waals surface area contributed by atoms with Gasteiger partial charge in [-0.1, -0.05) is 18.2 Å². The van der Waals surface area contributed by atoms with E-state index >= 15 is 0 Å². The predicted octanol–water partition coefficient (Wildman–Crippen LogP) is 1.46. The van der Waals surface area contributed by atoms with Crippen molar-refractivity contribution in [3.05, 3.63) is 35.9 Å². The lowest BCUT2D eigenvalue weighted by Crippen LogP contribution is -2.45. The van der Waals surface area contributed by atoms with Gasteiger partial charge in [0.15, 0.2) is 0 Å². The molecule has 0 saturated carbocycles. The predicted molar refractivity (Wildman–Crippen MR) is 64.9 cm³/mol. The van der Waals surface area contributed by atoms with Crippen molar-refractivity contribution in [1.82, 2.24) is 4.90 Å². The van der Waals surface area contributed by atoms with Crippen LogP contribution in [0.5, 0.6) is 0 Å². The Hall–Kier alpha value is -1.84. The molecule has 2 heterocycles. The molecule has 2 aliphatic rings. The standard InChI is InChI=1S/C14H15NO3/c16-13-8-11-6-7-15(9-12(11)18-13)14(17)10-4-2-1-3-5-10/h1-5,11-12H,6-9H2. The number of hydrogen-bond acceptors (Lipinski definition) is 3. The van der Waals surface area contributed by atoms with Crippen LogP contribution in [0, 0.1) is 5.92 Å². The van der Waals surface area contributed by atoms with Crippen LogP contribution in [0.2, 0.25) is 0 Å². The second kappa shape index (κ2) is 4.44. The zero-order valence-electron chi connectivity index (χ0n) is 10.0. The maximum atomic E-state index is 12.3. The lowest BCUT2D eigenvalue weighted by atomic mass is 9.93. The highest BCUT2D eigenvalue weighted by atomic mass is 16.6. The molecule has 0 radical (unpaired) electrons. The van der Waals surface area contributed by atoms with Gasteiger partial charge in [-0.15, -0.1) is 0 Å². The molecule has 4 heteroatoms. The molecule has 94 valence electrons. The van der Waals surface area contributed by atoms with Gasteiger partial charge in [-0.25, -0.2) is 0 Å². The van der Waals surface area contributed by atoms with Crippen LogP contribution < -0.4 is 0 Å². The molecule has 2 unspecified atom stereocenters. The van der Waals surface area contributed by atoms with Gasteiger partial charge in [0.05, 0.1) is 13.0 Å². The molecule has 0 aromatic heterocycles. The fourth-order valence-corrected chi connectivity index (χ4v) is 2.71. The van der Waals surface area contributed by atoms with Crippen LogP contribution in [-0.2, 0) is 9.53 Å². The van der Waals surface area contributed by atoms with Crippen LogP contribution in [0.15, 0.2) is 30.3 Å². The van der Waals surface area contributed by atoms with Crippen LogP contribution >= 0.6 is 0 Å². The second-order valence-electron chi connectivity index (χ2n) is 4.90. The molecule has 2 atom stereocenters. The van der Waals surface area contributed by atoms with E-state index < -0.39 is 0 Å². The van der Waals surface area contributed by atoms with Crippen molar-refractivity contribution in [2.24, 2.45) is 5.92 Å². The van der Waals surface area contributed by atoms with Crippen molar-refractivity contribution in [2.75, 3.05) is 13.1 Å². The number of esters is 1. The molecule has 1 aromatic carbocycles. The third-order valence-corrected chi connectivity index (χ3v) is 3.72. The van der Waals surface area contributed by atoms with E-state index in [4.69, 9.17) is 4.74 Å². The molecule has 1 amide bonds. The molecule has 2 saturated heterocycles. The first kappa shape index (κ1) is 11.3. The number of hydrogen-bond donors (Lipinski definition) is 0. The molecule has 0 spiro atoms. The largest absolute Gasteiger partial charge is 0.460 e. The Morgan fingerprint density at radius 2 is 2.06 bits per heavy atom. The Labute approximate surface area is 106 Å². The molecule has 0 aliphatic carbocycles. The smallest absolute Gasteiger partial charge is 0.306 e. The van der Waals surface area contributed by atoms with E-state index in [0.29, 0.717) is 31.0 Å². The van der Waals surface area contributed by atoms with Gasteiger partial charge in [0.2, 0.25) is 0 Å². The highest BCUT2D eigenvalue weighted by molar-refractivity contribution is 5.94. The average Bonchev–Trinajstić information content (AvgIpc) is 2.78. The summed E-state index contributed by atoms with van der Waals surface area (Å²) in [5, 5.41) is 0. The van der Waals surface area contributed by atoms with Crippen molar-refractivity contribution in [1.29, 1.82) is 0 Å². The Balaban J connectivity index is 1.71. The SMILES string of the molecule is O=C1CC2CCN(C(=O)c3ccccc3)CC2O1. The Morgan fingerprint density at radius 1 is 1.28 bits per heavy atom. The summed E-state index contributed by atoms with van der Waals surface area (Å²) in [5.41, 5.74) is 0.695. The number of benzene rings is 1. The third kappa shape index (κ3) is 1.98. The summed E-state index contributed by atoms with van der Waals surface area (Å²) >= 11 is 0. The van der Waals surface area contributed by atoms with Gasteiger partial charge in [0.1, 0.15) is 6.10 Å². The van der Waals surface area contributed by atoms with E-state index in [1.165, 1.54) is 0 Å². The number of amides is 1. The van der Waals surface area contributed by atoms with Crippen molar-refractivity contribution in [3.63, 3.8) is 0 Å². The van der Waals surface area contributed by atoms with Crippen LogP contribution in [0.3, 0.4) is 0 Å². The van der Waals surface area contributed by atoms with Crippen molar-refractivity contribution in [2.45, 2.75) is 18.9 Å². The molecule has 18 heavy (non-hydrogen) atoms. The first-order chi connectivity index (χ1) is 8.74. The molecule has 4 nitrogen and oxygen atoms in total. The maximum Gasteiger partial charge on any atom is 0.306 e. The van der Waals surface area contributed by atoms with Gasteiger partial charge in [-0.2, -0.15) is 0 Å². The molecule has 2 aliphatic heterocycles. The highest BCUT2D eigenvalue weighted by Gasteiger charge is 2.40. The summed E-state index contributed by atoms with van der Waals surface area (Å²) in [6, 6.07) is 9.23. The number of carbonyl (C=O) groups is 2. The van der Waals surface area contributed by atoms with Gasteiger partial charge in [-0.3, -0.25) is 9.59 Å². The number of rotatable bonds is 1. The quantitative estimate of drug-likeness (QED) is 0.704. The fraction of sp³-hybridized carbons (Fsp3) is 0.429. The molecule has 0 bridgehead atoms. The molecule has 3 rings (SSSR count). The number of carbonyl (C=O) groups excluding carboxylic acids is 2. The van der Waals surface area contributed by atoms with Gasteiger partial charge in [-0.05, 0) is 18.6 Å². The molecule has 2 fully saturated rings. The first-order valence-corrected chi connectivity index (χ1v) is 6.28. The summed E-state index contributed by atoms with van der Waals surface area (Å²) in [6.07, 6.45) is 1.27. The fourth-order valence-electron chi connectivity index (χ4n) is 2.71.